The maximum absolute atomic E-state index is 12.9. The standard InChI is InChI=1S/C27H33N3O6S/c1-5-30-24(31)17-23(37-27(30)29-20-11-9-19(10-12-20)26(33)34-4)25(32)28-15-14-18-8-13-21(35-6-2)22(16-18)36-7-3/h8-13,16,23H,5-7,14-15,17H2,1-4H3,(H,28,32)/t23-/m0/s1. The molecule has 9 nitrogen and oxygen atoms in total. The van der Waals surface area contributed by atoms with E-state index in [1.165, 1.54) is 18.9 Å². The zero-order chi connectivity index (χ0) is 26.8. The summed E-state index contributed by atoms with van der Waals surface area (Å²) < 4.78 is 16.0. The van der Waals surface area contributed by atoms with E-state index < -0.39 is 11.2 Å². The summed E-state index contributed by atoms with van der Waals surface area (Å²) in [4.78, 5) is 43.5. The molecule has 2 aromatic rings. The Morgan fingerprint density at radius 1 is 1.05 bits per heavy atom. The van der Waals surface area contributed by atoms with Crippen LogP contribution in [0.4, 0.5) is 5.69 Å². The summed E-state index contributed by atoms with van der Waals surface area (Å²) in [6, 6.07) is 12.3. The van der Waals surface area contributed by atoms with E-state index in [4.69, 9.17) is 14.2 Å². The Morgan fingerprint density at radius 3 is 2.41 bits per heavy atom. The Morgan fingerprint density at radius 2 is 1.76 bits per heavy atom. The zero-order valence-electron chi connectivity index (χ0n) is 21.6. The molecule has 0 radical (unpaired) electrons. The first-order valence-corrected chi connectivity index (χ1v) is 13.2. The van der Waals surface area contributed by atoms with Crippen LogP contribution in [0.1, 0.15) is 43.1 Å². The summed E-state index contributed by atoms with van der Waals surface area (Å²) in [6.45, 7) is 7.64. The fourth-order valence-corrected chi connectivity index (χ4v) is 4.93. The van der Waals surface area contributed by atoms with Crippen molar-refractivity contribution in [2.75, 3.05) is 33.4 Å². The van der Waals surface area contributed by atoms with Gasteiger partial charge in [0.15, 0.2) is 16.7 Å². The molecule has 1 aliphatic rings. The number of amidine groups is 1. The summed E-state index contributed by atoms with van der Waals surface area (Å²) in [6.07, 6.45) is 0.709. The number of esters is 1. The molecule has 3 rings (SSSR count). The second-order valence-electron chi connectivity index (χ2n) is 8.07. The van der Waals surface area contributed by atoms with Gasteiger partial charge in [-0.1, -0.05) is 17.8 Å². The third-order valence-electron chi connectivity index (χ3n) is 5.58. The Kier molecular flexibility index (Phi) is 10.4. The van der Waals surface area contributed by atoms with Crippen molar-refractivity contribution >= 4 is 40.4 Å². The Labute approximate surface area is 221 Å². The van der Waals surface area contributed by atoms with E-state index in [9.17, 15) is 14.4 Å². The van der Waals surface area contributed by atoms with E-state index in [0.717, 1.165) is 5.56 Å². The van der Waals surface area contributed by atoms with Gasteiger partial charge in [-0.3, -0.25) is 14.5 Å². The highest BCUT2D eigenvalue weighted by Gasteiger charge is 2.35. The first kappa shape index (κ1) is 28.0. The van der Waals surface area contributed by atoms with Crippen molar-refractivity contribution in [1.29, 1.82) is 0 Å². The minimum Gasteiger partial charge on any atom is -0.490 e. The van der Waals surface area contributed by atoms with Gasteiger partial charge in [0.05, 0.1) is 36.8 Å². The molecule has 0 spiro atoms. The maximum Gasteiger partial charge on any atom is 0.337 e. The molecular formula is C27H33N3O6S. The minimum atomic E-state index is -0.581. The molecule has 0 saturated carbocycles. The number of nitrogens with zero attached hydrogens (tertiary/aromatic N) is 2. The molecule has 1 aliphatic heterocycles. The van der Waals surface area contributed by atoms with Crippen molar-refractivity contribution < 1.29 is 28.6 Å². The van der Waals surface area contributed by atoms with E-state index in [1.54, 1.807) is 29.2 Å². The molecule has 10 heteroatoms. The van der Waals surface area contributed by atoms with Gasteiger partial charge < -0.3 is 19.5 Å². The number of ether oxygens (including phenoxy) is 3. The average molecular weight is 528 g/mol. The van der Waals surface area contributed by atoms with Crippen molar-refractivity contribution in [3.05, 3.63) is 53.6 Å². The van der Waals surface area contributed by atoms with Gasteiger partial charge in [-0.25, -0.2) is 9.79 Å². The lowest BCUT2D eigenvalue weighted by molar-refractivity contribution is -0.130. The zero-order valence-corrected chi connectivity index (χ0v) is 22.4. The number of carbonyl (C=O) groups excluding carboxylic acids is 3. The van der Waals surface area contributed by atoms with Gasteiger partial charge in [0.2, 0.25) is 11.8 Å². The van der Waals surface area contributed by atoms with Crippen LogP contribution in [-0.2, 0) is 20.7 Å². The largest absolute Gasteiger partial charge is 0.490 e. The van der Waals surface area contributed by atoms with Crippen LogP contribution in [0.5, 0.6) is 11.5 Å². The molecule has 1 heterocycles. The molecule has 2 aromatic carbocycles. The molecule has 1 fully saturated rings. The lowest BCUT2D eigenvalue weighted by Crippen LogP contribution is -2.46. The molecule has 198 valence electrons. The maximum atomic E-state index is 12.9. The van der Waals surface area contributed by atoms with Crippen LogP contribution in [0, 0.1) is 0 Å². The van der Waals surface area contributed by atoms with Gasteiger partial charge in [0.25, 0.3) is 0 Å². The van der Waals surface area contributed by atoms with Crippen LogP contribution in [-0.4, -0.2) is 66.5 Å². The summed E-state index contributed by atoms with van der Waals surface area (Å²) in [7, 11) is 1.32. The van der Waals surface area contributed by atoms with Gasteiger partial charge in [-0.05, 0) is 69.2 Å². The van der Waals surface area contributed by atoms with Gasteiger partial charge in [0, 0.05) is 19.5 Å². The quantitative estimate of drug-likeness (QED) is 0.441. The first-order valence-electron chi connectivity index (χ1n) is 12.3. The summed E-state index contributed by atoms with van der Waals surface area (Å²) >= 11 is 1.26. The second kappa shape index (κ2) is 13.7. The third kappa shape index (κ3) is 7.48. The number of thioether (sulfide) groups is 1. The van der Waals surface area contributed by atoms with Gasteiger partial charge in [-0.15, -0.1) is 0 Å². The Balaban J connectivity index is 1.64. The summed E-state index contributed by atoms with van der Waals surface area (Å²) in [5.41, 5.74) is 1.99. The number of methoxy groups -OCH3 is 1. The molecule has 0 unspecified atom stereocenters. The van der Waals surface area contributed by atoms with Crippen LogP contribution in [0.25, 0.3) is 0 Å². The van der Waals surface area contributed by atoms with Crippen molar-refractivity contribution in [3.8, 4) is 11.5 Å². The lowest BCUT2D eigenvalue weighted by Gasteiger charge is -2.30. The number of hydrogen-bond donors (Lipinski definition) is 1. The minimum absolute atomic E-state index is 0.0994. The van der Waals surface area contributed by atoms with Gasteiger partial charge in [0.1, 0.15) is 0 Å². The number of aliphatic imine (C=N–C) groups is 1. The number of benzene rings is 2. The number of amides is 2. The number of rotatable bonds is 11. The molecule has 0 aliphatic carbocycles. The number of hydrogen-bond acceptors (Lipinski definition) is 8. The van der Waals surface area contributed by atoms with Crippen LogP contribution in [0.2, 0.25) is 0 Å². The fourth-order valence-electron chi connectivity index (χ4n) is 3.75. The Hall–Kier alpha value is -3.53. The van der Waals surface area contributed by atoms with E-state index in [0.29, 0.717) is 60.6 Å². The van der Waals surface area contributed by atoms with E-state index in [2.05, 4.69) is 10.3 Å². The van der Waals surface area contributed by atoms with Crippen LogP contribution in [0.15, 0.2) is 47.5 Å². The van der Waals surface area contributed by atoms with Crippen molar-refractivity contribution in [1.82, 2.24) is 10.2 Å². The predicted molar refractivity (Wildman–Crippen MR) is 144 cm³/mol. The fraction of sp³-hybridized carbons (Fsp3) is 0.407. The number of nitrogens with one attached hydrogen (secondary N) is 1. The van der Waals surface area contributed by atoms with E-state index >= 15 is 0 Å². The molecule has 0 bridgehead atoms. The monoisotopic (exact) mass is 527 g/mol. The van der Waals surface area contributed by atoms with Gasteiger partial charge >= 0.3 is 5.97 Å². The topological polar surface area (TPSA) is 107 Å². The SMILES string of the molecule is CCOc1ccc(CCNC(=O)[C@@H]2CC(=O)N(CC)C(=Nc3ccc(C(=O)OC)cc3)S2)cc1OCC. The second-order valence-corrected chi connectivity index (χ2v) is 9.24. The lowest BCUT2D eigenvalue weighted by atomic mass is 10.1. The smallest absolute Gasteiger partial charge is 0.337 e. The molecule has 37 heavy (non-hydrogen) atoms. The van der Waals surface area contributed by atoms with Crippen molar-refractivity contribution in [2.45, 2.75) is 38.9 Å². The predicted octanol–water partition coefficient (Wildman–Crippen LogP) is 3.97. The average Bonchev–Trinajstić information content (AvgIpc) is 2.90. The Bertz CT molecular complexity index is 1140. The third-order valence-corrected chi connectivity index (χ3v) is 6.77. The van der Waals surface area contributed by atoms with E-state index in [1.807, 2.05) is 39.0 Å². The molecule has 2 amide bonds. The van der Waals surface area contributed by atoms with Gasteiger partial charge in [-0.2, -0.15) is 0 Å². The molecule has 1 N–H and O–H groups in total. The van der Waals surface area contributed by atoms with Crippen molar-refractivity contribution in [3.63, 3.8) is 0 Å². The normalized spacial score (nSPS) is 16.4. The summed E-state index contributed by atoms with van der Waals surface area (Å²) in [5.74, 6) is 0.578. The summed E-state index contributed by atoms with van der Waals surface area (Å²) in [5, 5.41) is 2.82. The number of carbonyl (C=O) groups is 3. The molecule has 0 aromatic heterocycles. The van der Waals surface area contributed by atoms with Crippen molar-refractivity contribution in [2.24, 2.45) is 4.99 Å². The van der Waals surface area contributed by atoms with Crippen LogP contribution in [0.3, 0.4) is 0 Å². The highest BCUT2D eigenvalue weighted by Crippen LogP contribution is 2.30. The van der Waals surface area contributed by atoms with Crippen LogP contribution < -0.4 is 14.8 Å². The van der Waals surface area contributed by atoms with E-state index in [-0.39, 0.29) is 18.2 Å². The van der Waals surface area contributed by atoms with Crippen LogP contribution >= 0.6 is 11.8 Å². The molecule has 1 saturated heterocycles. The molecular weight excluding hydrogens is 494 g/mol. The molecule has 1 atom stereocenters. The first-order chi connectivity index (χ1) is 17.9. The highest BCUT2D eigenvalue weighted by atomic mass is 32.2. The highest BCUT2D eigenvalue weighted by molar-refractivity contribution is 8.15.